The minimum absolute atomic E-state index is 0.0974. The molecule has 120 valence electrons. The zero-order chi connectivity index (χ0) is 15.6. The van der Waals surface area contributed by atoms with Crippen molar-refractivity contribution in [2.24, 2.45) is 5.73 Å². The second kappa shape index (κ2) is 6.26. The van der Waals surface area contributed by atoms with Gasteiger partial charge in [-0.15, -0.1) is 0 Å². The topological polar surface area (TPSA) is 58.8 Å². The van der Waals surface area contributed by atoms with Crippen LogP contribution in [0.2, 0.25) is 0 Å². The van der Waals surface area contributed by atoms with Gasteiger partial charge < -0.3 is 20.3 Å². The molecule has 0 radical (unpaired) electrons. The van der Waals surface area contributed by atoms with E-state index >= 15 is 0 Å². The number of nitrogens with two attached hydrogens (primary N) is 1. The lowest BCUT2D eigenvalue weighted by molar-refractivity contribution is -0.140. The Morgan fingerprint density at radius 1 is 1.14 bits per heavy atom. The standard InChI is InChI=1S/C17H25N3O2/c1-14-4-2-3-5-15(14)19-8-10-20(11-9-19)16(21)17(18)6-12-22-13-7-17/h2-5H,6-13,18H2,1H3. The van der Waals surface area contributed by atoms with E-state index in [0.717, 1.165) is 26.2 Å². The molecule has 2 aliphatic rings. The molecular formula is C17H25N3O2. The van der Waals surface area contributed by atoms with E-state index in [1.165, 1.54) is 11.3 Å². The summed E-state index contributed by atoms with van der Waals surface area (Å²) < 4.78 is 5.33. The van der Waals surface area contributed by atoms with Crippen LogP contribution in [0.3, 0.4) is 0 Å². The SMILES string of the molecule is Cc1ccccc1N1CCN(C(=O)C2(N)CCOCC2)CC1. The fourth-order valence-electron chi connectivity index (χ4n) is 3.33. The number of ether oxygens (including phenoxy) is 1. The van der Waals surface area contributed by atoms with Crippen LogP contribution < -0.4 is 10.6 Å². The summed E-state index contributed by atoms with van der Waals surface area (Å²) in [5.74, 6) is 0.0974. The van der Waals surface area contributed by atoms with E-state index < -0.39 is 5.54 Å². The van der Waals surface area contributed by atoms with Crippen molar-refractivity contribution in [1.82, 2.24) is 4.90 Å². The van der Waals surface area contributed by atoms with E-state index in [4.69, 9.17) is 10.5 Å². The van der Waals surface area contributed by atoms with Crippen molar-refractivity contribution in [3.8, 4) is 0 Å². The van der Waals surface area contributed by atoms with Crippen molar-refractivity contribution in [3.63, 3.8) is 0 Å². The number of rotatable bonds is 2. The highest BCUT2D eigenvalue weighted by molar-refractivity contribution is 5.86. The number of hydrogen-bond acceptors (Lipinski definition) is 4. The first-order chi connectivity index (χ1) is 10.6. The van der Waals surface area contributed by atoms with E-state index in [0.29, 0.717) is 26.1 Å². The highest BCUT2D eigenvalue weighted by Gasteiger charge is 2.39. The summed E-state index contributed by atoms with van der Waals surface area (Å²) in [7, 11) is 0. The molecule has 3 rings (SSSR count). The van der Waals surface area contributed by atoms with Crippen LogP contribution in [0.25, 0.3) is 0 Å². The maximum absolute atomic E-state index is 12.7. The summed E-state index contributed by atoms with van der Waals surface area (Å²) >= 11 is 0. The normalized spacial score (nSPS) is 21.7. The Hall–Kier alpha value is -1.59. The van der Waals surface area contributed by atoms with E-state index in [1.54, 1.807) is 0 Å². The first-order valence-corrected chi connectivity index (χ1v) is 8.07. The van der Waals surface area contributed by atoms with E-state index in [1.807, 2.05) is 4.90 Å². The third-order valence-electron chi connectivity index (χ3n) is 4.83. The number of para-hydroxylation sites is 1. The van der Waals surface area contributed by atoms with Crippen LogP contribution in [0, 0.1) is 6.92 Å². The molecule has 5 heteroatoms. The minimum atomic E-state index is -0.719. The fourth-order valence-corrected chi connectivity index (χ4v) is 3.33. The summed E-state index contributed by atoms with van der Waals surface area (Å²) in [6.45, 7) is 6.52. The average Bonchev–Trinajstić information content (AvgIpc) is 2.55. The maximum Gasteiger partial charge on any atom is 0.242 e. The largest absolute Gasteiger partial charge is 0.381 e. The monoisotopic (exact) mass is 303 g/mol. The number of hydrogen-bond donors (Lipinski definition) is 1. The molecule has 0 aliphatic carbocycles. The number of piperazine rings is 1. The van der Waals surface area contributed by atoms with Gasteiger partial charge in [0.15, 0.2) is 0 Å². The summed E-state index contributed by atoms with van der Waals surface area (Å²) in [5, 5.41) is 0. The Balaban J connectivity index is 1.62. The van der Waals surface area contributed by atoms with Crippen LogP contribution in [0.15, 0.2) is 24.3 Å². The van der Waals surface area contributed by atoms with Crippen molar-refractivity contribution in [2.45, 2.75) is 25.3 Å². The molecule has 2 aliphatic heterocycles. The number of benzene rings is 1. The molecule has 22 heavy (non-hydrogen) atoms. The lowest BCUT2D eigenvalue weighted by Gasteiger charge is -2.41. The smallest absolute Gasteiger partial charge is 0.242 e. The average molecular weight is 303 g/mol. The number of amides is 1. The summed E-state index contributed by atoms with van der Waals surface area (Å²) in [5.41, 5.74) is 8.15. The lowest BCUT2D eigenvalue weighted by Crippen LogP contribution is -2.61. The molecule has 0 unspecified atom stereocenters. The third-order valence-corrected chi connectivity index (χ3v) is 4.83. The van der Waals surface area contributed by atoms with E-state index in [9.17, 15) is 4.79 Å². The van der Waals surface area contributed by atoms with Gasteiger partial charge in [-0.1, -0.05) is 18.2 Å². The predicted molar refractivity (Wildman–Crippen MR) is 86.9 cm³/mol. The molecule has 0 saturated carbocycles. The molecule has 0 atom stereocenters. The summed E-state index contributed by atoms with van der Waals surface area (Å²) in [6, 6.07) is 8.40. The molecule has 0 aromatic heterocycles. The quantitative estimate of drug-likeness (QED) is 0.890. The molecule has 1 amide bonds. The number of aryl methyl sites for hydroxylation is 1. The van der Waals surface area contributed by atoms with Crippen molar-refractivity contribution in [1.29, 1.82) is 0 Å². The van der Waals surface area contributed by atoms with Gasteiger partial charge in [-0.05, 0) is 31.4 Å². The van der Waals surface area contributed by atoms with Crippen LogP contribution in [0.4, 0.5) is 5.69 Å². The summed E-state index contributed by atoms with van der Waals surface area (Å²) in [6.07, 6.45) is 1.26. The van der Waals surface area contributed by atoms with Crippen molar-refractivity contribution in [2.75, 3.05) is 44.3 Å². The van der Waals surface area contributed by atoms with Gasteiger partial charge in [0.2, 0.25) is 5.91 Å². The second-order valence-electron chi connectivity index (χ2n) is 6.33. The van der Waals surface area contributed by atoms with Crippen LogP contribution in [0.5, 0.6) is 0 Å². The van der Waals surface area contributed by atoms with Gasteiger partial charge >= 0.3 is 0 Å². The van der Waals surface area contributed by atoms with Gasteiger partial charge in [0.05, 0.1) is 5.54 Å². The van der Waals surface area contributed by atoms with Crippen LogP contribution in [-0.2, 0) is 9.53 Å². The van der Waals surface area contributed by atoms with Crippen molar-refractivity contribution >= 4 is 11.6 Å². The highest BCUT2D eigenvalue weighted by Crippen LogP contribution is 2.24. The molecule has 0 spiro atoms. The van der Waals surface area contributed by atoms with Crippen LogP contribution in [0.1, 0.15) is 18.4 Å². The highest BCUT2D eigenvalue weighted by atomic mass is 16.5. The lowest BCUT2D eigenvalue weighted by atomic mass is 9.89. The Kier molecular flexibility index (Phi) is 4.36. The van der Waals surface area contributed by atoms with E-state index in [2.05, 4.69) is 36.1 Å². The zero-order valence-corrected chi connectivity index (χ0v) is 13.3. The molecule has 0 bridgehead atoms. The Bertz CT molecular complexity index is 532. The molecule has 5 nitrogen and oxygen atoms in total. The molecule has 1 aromatic rings. The number of anilines is 1. The molecule has 1 aromatic carbocycles. The van der Waals surface area contributed by atoms with E-state index in [-0.39, 0.29) is 5.91 Å². The molecule has 2 N–H and O–H groups in total. The molecular weight excluding hydrogens is 278 g/mol. The predicted octanol–water partition coefficient (Wildman–Crippen LogP) is 1.15. The number of carbonyl (C=O) groups is 1. The first kappa shape index (κ1) is 15.3. The van der Waals surface area contributed by atoms with Gasteiger partial charge in [0.25, 0.3) is 0 Å². The molecule has 2 fully saturated rings. The van der Waals surface area contributed by atoms with Gasteiger partial charge in [0.1, 0.15) is 0 Å². The third kappa shape index (κ3) is 2.96. The first-order valence-electron chi connectivity index (χ1n) is 8.07. The zero-order valence-electron chi connectivity index (χ0n) is 13.3. The minimum Gasteiger partial charge on any atom is -0.381 e. The Morgan fingerprint density at radius 3 is 2.41 bits per heavy atom. The van der Waals surface area contributed by atoms with Gasteiger partial charge in [-0.25, -0.2) is 0 Å². The van der Waals surface area contributed by atoms with Crippen LogP contribution in [-0.4, -0.2) is 55.7 Å². The van der Waals surface area contributed by atoms with Crippen molar-refractivity contribution in [3.05, 3.63) is 29.8 Å². The maximum atomic E-state index is 12.7. The van der Waals surface area contributed by atoms with Gasteiger partial charge in [0, 0.05) is 45.1 Å². The summed E-state index contributed by atoms with van der Waals surface area (Å²) in [4.78, 5) is 17.0. The fraction of sp³-hybridized carbons (Fsp3) is 0.588. The Labute approximate surface area is 132 Å². The number of carbonyl (C=O) groups excluding carboxylic acids is 1. The number of nitrogens with zero attached hydrogens (tertiary/aromatic N) is 2. The molecule has 2 heterocycles. The Morgan fingerprint density at radius 2 is 1.77 bits per heavy atom. The van der Waals surface area contributed by atoms with Gasteiger partial charge in [-0.3, -0.25) is 4.79 Å². The van der Waals surface area contributed by atoms with Gasteiger partial charge in [-0.2, -0.15) is 0 Å². The van der Waals surface area contributed by atoms with Crippen LogP contribution >= 0.6 is 0 Å². The second-order valence-corrected chi connectivity index (χ2v) is 6.33. The van der Waals surface area contributed by atoms with Crippen molar-refractivity contribution < 1.29 is 9.53 Å². The molecule has 2 saturated heterocycles.